The van der Waals surface area contributed by atoms with Crippen molar-refractivity contribution in [1.29, 1.82) is 0 Å². The maximum absolute atomic E-state index is 12.2. The van der Waals surface area contributed by atoms with E-state index in [0.717, 1.165) is 28.9 Å². The van der Waals surface area contributed by atoms with Gasteiger partial charge in [0.05, 0.1) is 18.4 Å². The van der Waals surface area contributed by atoms with Gasteiger partial charge in [-0.05, 0) is 19.3 Å². The molecular formula is C13H18N6OS. The van der Waals surface area contributed by atoms with Gasteiger partial charge in [-0.25, -0.2) is 4.68 Å². The Labute approximate surface area is 126 Å². The molecule has 1 N–H and O–H groups in total. The van der Waals surface area contributed by atoms with Crippen molar-refractivity contribution in [2.24, 2.45) is 0 Å². The van der Waals surface area contributed by atoms with Crippen LogP contribution in [0.1, 0.15) is 24.3 Å². The van der Waals surface area contributed by atoms with E-state index in [-0.39, 0.29) is 5.56 Å². The molecule has 0 atom stereocenters. The van der Waals surface area contributed by atoms with Crippen molar-refractivity contribution in [2.45, 2.75) is 25.8 Å². The van der Waals surface area contributed by atoms with Crippen molar-refractivity contribution in [3.05, 3.63) is 27.6 Å². The van der Waals surface area contributed by atoms with Gasteiger partial charge in [-0.15, -0.1) is 10.2 Å². The van der Waals surface area contributed by atoms with Gasteiger partial charge in [0.1, 0.15) is 5.01 Å². The van der Waals surface area contributed by atoms with E-state index < -0.39 is 0 Å². The third kappa shape index (κ3) is 3.21. The zero-order chi connectivity index (χ0) is 14.7. The fourth-order valence-corrected chi connectivity index (χ4v) is 3.09. The Morgan fingerprint density at radius 3 is 2.76 bits per heavy atom. The van der Waals surface area contributed by atoms with E-state index >= 15 is 0 Å². The number of hydrogen-bond acceptors (Lipinski definition) is 7. The lowest BCUT2D eigenvalue weighted by atomic mass is 10.1. The lowest BCUT2D eigenvalue weighted by molar-refractivity contribution is 0.571. The molecule has 1 aliphatic heterocycles. The molecule has 7 nitrogen and oxygen atoms in total. The maximum atomic E-state index is 12.2. The van der Waals surface area contributed by atoms with Crippen LogP contribution in [0.5, 0.6) is 0 Å². The third-order valence-electron chi connectivity index (χ3n) is 3.54. The number of nitrogens with one attached hydrogen (secondary N) is 1. The highest BCUT2D eigenvalue weighted by Crippen LogP contribution is 2.17. The van der Waals surface area contributed by atoms with Crippen LogP contribution < -0.4 is 15.8 Å². The van der Waals surface area contributed by atoms with Crippen molar-refractivity contribution in [1.82, 2.24) is 20.0 Å². The van der Waals surface area contributed by atoms with Gasteiger partial charge in [0.2, 0.25) is 5.13 Å². The van der Waals surface area contributed by atoms with Gasteiger partial charge in [-0.2, -0.15) is 5.10 Å². The zero-order valence-electron chi connectivity index (χ0n) is 11.9. The van der Waals surface area contributed by atoms with Crippen LogP contribution in [0.15, 0.2) is 17.1 Å². The molecule has 112 valence electrons. The van der Waals surface area contributed by atoms with Crippen molar-refractivity contribution in [2.75, 3.05) is 30.4 Å². The van der Waals surface area contributed by atoms with Crippen LogP contribution in [-0.2, 0) is 6.54 Å². The first-order valence-corrected chi connectivity index (χ1v) is 7.90. The van der Waals surface area contributed by atoms with E-state index in [0.29, 0.717) is 6.54 Å². The molecule has 0 saturated carbocycles. The Bertz CT molecular complexity index is 661. The first-order valence-electron chi connectivity index (χ1n) is 7.08. The molecule has 0 amide bonds. The number of aromatic nitrogens is 4. The molecule has 21 heavy (non-hydrogen) atoms. The third-order valence-corrected chi connectivity index (χ3v) is 4.47. The summed E-state index contributed by atoms with van der Waals surface area (Å²) >= 11 is 1.43. The minimum atomic E-state index is -0.0979. The lowest BCUT2D eigenvalue weighted by Gasteiger charge is -2.28. The Kier molecular flexibility index (Phi) is 4.14. The minimum absolute atomic E-state index is 0.0979. The molecule has 3 rings (SSSR count). The van der Waals surface area contributed by atoms with Gasteiger partial charge in [0.25, 0.3) is 5.56 Å². The number of piperidine rings is 1. The molecule has 2 aromatic rings. The molecule has 1 aliphatic rings. The van der Waals surface area contributed by atoms with Gasteiger partial charge in [0.15, 0.2) is 0 Å². The number of nitrogens with zero attached hydrogens (tertiary/aromatic N) is 5. The molecule has 8 heteroatoms. The normalized spacial score (nSPS) is 15.2. The lowest BCUT2D eigenvalue weighted by Crippen LogP contribution is -2.32. The average molecular weight is 306 g/mol. The summed E-state index contributed by atoms with van der Waals surface area (Å²) in [6.45, 7) is 2.37. The molecular weight excluding hydrogens is 288 g/mol. The summed E-state index contributed by atoms with van der Waals surface area (Å²) in [5.74, 6) is 0. The van der Waals surface area contributed by atoms with Crippen molar-refractivity contribution in [3.63, 3.8) is 0 Å². The van der Waals surface area contributed by atoms with E-state index in [4.69, 9.17) is 0 Å². The second-order valence-electron chi connectivity index (χ2n) is 5.01. The molecule has 0 unspecified atom stereocenters. The monoisotopic (exact) mass is 306 g/mol. The highest BCUT2D eigenvalue weighted by Gasteiger charge is 2.13. The topological polar surface area (TPSA) is 75.9 Å². The van der Waals surface area contributed by atoms with E-state index in [9.17, 15) is 4.79 Å². The average Bonchev–Trinajstić information content (AvgIpc) is 2.98. The minimum Gasteiger partial charge on any atom is -0.370 e. The van der Waals surface area contributed by atoms with Gasteiger partial charge in [-0.1, -0.05) is 11.3 Å². The van der Waals surface area contributed by atoms with Gasteiger partial charge < -0.3 is 10.2 Å². The van der Waals surface area contributed by atoms with E-state index in [1.165, 1.54) is 35.3 Å². The summed E-state index contributed by atoms with van der Waals surface area (Å²) in [6, 6.07) is 1.67. The molecule has 1 saturated heterocycles. The van der Waals surface area contributed by atoms with Crippen LogP contribution in [0.4, 0.5) is 10.8 Å². The first kappa shape index (κ1) is 14.0. The predicted octanol–water partition coefficient (Wildman–Crippen LogP) is 1.18. The van der Waals surface area contributed by atoms with Crippen LogP contribution in [0, 0.1) is 0 Å². The summed E-state index contributed by atoms with van der Waals surface area (Å²) in [4.78, 5) is 14.4. The number of anilines is 2. The summed E-state index contributed by atoms with van der Waals surface area (Å²) < 4.78 is 1.42. The van der Waals surface area contributed by atoms with Gasteiger partial charge in [-0.3, -0.25) is 4.79 Å². The van der Waals surface area contributed by atoms with Crippen molar-refractivity contribution in [3.8, 4) is 0 Å². The molecule has 2 aromatic heterocycles. The Morgan fingerprint density at radius 2 is 2.10 bits per heavy atom. The molecule has 3 heterocycles. The van der Waals surface area contributed by atoms with Crippen molar-refractivity contribution < 1.29 is 0 Å². The van der Waals surface area contributed by atoms with E-state index in [1.54, 1.807) is 19.3 Å². The summed E-state index contributed by atoms with van der Waals surface area (Å²) in [7, 11) is 1.79. The number of rotatable bonds is 4. The maximum Gasteiger partial charge on any atom is 0.269 e. The molecule has 0 aromatic carbocycles. The van der Waals surface area contributed by atoms with Crippen LogP contribution in [0.3, 0.4) is 0 Å². The number of hydrogen-bond donors (Lipinski definition) is 1. The van der Waals surface area contributed by atoms with Crippen molar-refractivity contribution >= 4 is 22.2 Å². The van der Waals surface area contributed by atoms with Crippen LogP contribution in [0.25, 0.3) is 0 Å². The second-order valence-corrected chi connectivity index (χ2v) is 6.07. The van der Waals surface area contributed by atoms with Crippen LogP contribution in [-0.4, -0.2) is 40.1 Å². The highest BCUT2D eigenvalue weighted by molar-refractivity contribution is 7.15. The zero-order valence-corrected chi connectivity index (χ0v) is 12.8. The standard InChI is InChI=1S/C13H18N6OS/c1-14-13-17-16-11(21-13)9-19-12(20)7-10(8-15-19)18-5-3-2-4-6-18/h7-8H,2-6,9H2,1H3,(H,14,17). The van der Waals surface area contributed by atoms with Gasteiger partial charge >= 0.3 is 0 Å². The fraction of sp³-hybridized carbons (Fsp3) is 0.538. The largest absolute Gasteiger partial charge is 0.370 e. The van der Waals surface area contributed by atoms with Crippen LogP contribution >= 0.6 is 11.3 Å². The van der Waals surface area contributed by atoms with E-state index in [1.807, 2.05) is 0 Å². The first-order chi connectivity index (χ1) is 10.3. The fourth-order valence-electron chi connectivity index (χ4n) is 2.41. The summed E-state index contributed by atoms with van der Waals surface area (Å²) in [6.07, 6.45) is 5.40. The SMILES string of the molecule is CNc1nnc(Cn2ncc(N3CCCCC3)cc2=O)s1. The quantitative estimate of drug-likeness (QED) is 0.914. The Hall–Kier alpha value is -1.96. The van der Waals surface area contributed by atoms with Crippen LogP contribution in [0.2, 0.25) is 0 Å². The molecule has 0 aliphatic carbocycles. The highest BCUT2D eigenvalue weighted by atomic mass is 32.1. The van der Waals surface area contributed by atoms with E-state index in [2.05, 4.69) is 25.5 Å². The molecule has 1 fully saturated rings. The molecule has 0 radical (unpaired) electrons. The smallest absolute Gasteiger partial charge is 0.269 e. The second kappa shape index (κ2) is 6.21. The summed E-state index contributed by atoms with van der Waals surface area (Å²) in [5, 5.41) is 16.7. The Morgan fingerprint density at radius 1 is 1.29 bits per heavy atom. The predicted molar refractivity (Wildman–Crippen MR) is 83.1 cm³/mol. The summed E-state index contributed by atoms with van der Waals surface area (Å²) in [5.41, 5.74) is 0.823. The molecule has 0 bridgehead atoms. The Balaban J connectivity index is 1.76. The van der Waals surface area contributed by atoms with Gasteiger partial charge in [0, 0.05) is 26.2 Å². The molecule has 0 spiro atoms.